The van der Waals surface area contributed by atoms with Crippen LogP contribution in [-0.2, 0) is 0 Å². The van der Waals surface area contributed by atoms with Crippen molar-refractivity contribution in [2.45, 2.75) is 6.92 Å². The summed E-state index contributed by atoms with van der Waals surface area (Å²) in [7, 11) is 1.60. The molecule has 6 heteroatoms. The first kappa shape index (κ1) is 17.5. The Labute approximate surface area is 135 Å². The Morgan fingerprint density at radius 2 is 1.59 bits per heavy atom. The molecule has 0 aliphatic rings. The molecule has 0 radical (unpaired) electrons. The van der Waals surface area contributed by atoms with Crippen LogP contribution in [0.1, 0.15) is 5.69 Å². The maximum Gasteiger partial charge on any atom is 0.212 e. The van der Waals surface area contributed by atoms with E-state index in [2.05, 4.69) is 19.9 Å². The van der Waals surface area contributed by atoms with Crippen molar-refractivity contribution in [3.63, 3.8) is 0 Å². The third-order valence-corrected chi connectivity index (χ3v) is 2.47. The number of hydrogen-bond donors (Lipinski definition) is 0. The summed E-state index contributed by atoms with van der Waals surface area (Å²) in [4.78, 5) is 15.2. The molecule has 0 saturated heterocycles. The first-order chi connectivity index (χ1) is 10.7. The summed E-state index contributed by atoms with van der Waals surface area (Å²) in [6, 6.07) is 10.9. The number of rotatable bonds is 1. The molecular weight excluding hydrogens is 300 g/mol. The van der Waals surface area contributed by atoms with Crippen molar-refractivity contribution in [1.29, 1.82) is 0 Å². The average molecular weight is 317 g/mol. The van der Waals surface area contributed by atoms with Crippen molar-refractivity contribution >= 4 is 11.6 Å². The van der Waals surface area contributed by atoms with E-state index in [1.165, 1.54) is 6.33 Å². The number of aryl methyl sites for hydroxylation is 1. The molecule has 0 atom stereocenters. The lowest BCUT2D eigenvalue weighted by atomic mass is 10.5. The zero-order valence-corrected chi connectivity index (χ0v) is 13.2. The van der Waals surface area contributed by atoms with Gasteiger partial charge >= 0.3 is 0 Å². The molecule has 3 aromatic heterocycles. The van der Waals surface area contributed by atoms with E-state index in [4.69, 9.17) is 16.3 Å². The molecule has 3 aromatic rings. The molecule has 3 rings (SSSR count). The van der Waals surface area contributed by atoms with Gasteiger partial charge in [-0.2, -0.15) is 0 Å². The van der Waals surface area contributed by atoms with Crippen molar-refractivity contribution in [2.75, 3.05) is 7.11 Å². The second-order valence-corrected chi connectivity index (χ2v) is 4.32. The molecule has 5 nitrogen and oxygen atoms in total. The second-order valence-electron chi connectivity index (χ2n) is 3.89. The molecule has 0 aliphatic carbocycles. The summed E-state index contributed by atoms with van der Waals surface area (Å²) >= 11 is 5.50. The second kappa shape index (κ2) is 11.2. The fourth-order valence-electron chi connectivity index (χ4n) is 1.16. The third-order valence-electron chi connectivity index (χ3n) is 2.22. The average Bonchev–Trinajstić information content (AvgIpc) is 2.58. The molecule has 3 heterocycles. The van der Waals surface area contributed by atoms with Crippen LogP contribution in [0.4, 0.5) is 0 Å². The minimum Gasteiger partial charge on any atom is -0.481 e. The third kappa shape index (κ3) is 8.60. The fourth-order valence-corrected chi connectivity index (χ4v) is 1.27. The van der Waals surface area contributed by atoms with Gasteiger partial charge in [-0.1, -0.05) is 17.7 Å². The SMILES string of the molecule is COc1ccccn1.Cc1ccncn1.Clc1ccncc1. The molecule has 0 aromatic carbocycles. The summed E-state index contributed by atoms with van der Waals surface area (Å²) in [5, 5.41) is 0.731. The molecule has 0 spiro atoms. The standard InChI is InChI=1S/C6H7NO.C5H4ClN.C5H6N2/c1-8-6-4-2-3-5-7-6;6-5-1-3-7-4-2-5;1-5-2-3-6-4-7-5/h2-5H,1H3;1-4H;2-4H,1H3. The summed E-state index contributed by atoms with van der Waals surface area (Å²) in [6.45, 7) is 1.93. The largest absolute Gasteiger partial charge is 0.481 e. The van der Waals surface area contributed by atoms with Crippen LogP contribution in [0.5, 0.6) is 5.88 Å². The predicted octanol–water partition coefficient (Wildman–Crippen LogP) is 3.61. The summed E-state index contributed by atoms with van der Waals surface area (Å²) in [5.74, 6) is 0.660. The zero-order chi connectivity index (χ0) is 16.0. The van der Waals surface area contributed by atoms with Crippen molar-refractivity contribution in [1.82, 2.24) is 19.9 Å². The molecule has 0 N–H and O–H groups in total. The van der Waals surface area contributed by atoms with Crippen LogP contribution in [0.3, 0.4) is 0 Å². The Balaban J connectivity index is 0.000000166. The highest BCUT2D eigenvalue weighted by atomic mass is 35.5. The number of pyridine rings is 2. The highest BCUT2D eigenvalue weighted by Crippen LogP contribution is 2.01. The Bertz CT molecular complexity index is 571. The number of halogens is 1. The van der Waals surface area contributed by atoms with Gasteiger partial charge in [0.1, 0.15) is 6.33 Å². The monoisotopic (exact) mass is 316 g/mol. The van der Waals surface area contributed by atoms with Crippen molar-refractivity contribution in [3.05, 3.63) is 78.2 Å². The van der Waals surface area contributed by atoms with Crippen molar-refractivity contribution < 1.29 is 4.74 Å². The molecule has 22 heavy (non-hydrogen) atoms. The zero-order valence-electron chi connectivity index (χ0n) is 12.4. The van der Waals surface area contributed by atoms with Gasteiger partial charge in [0, 0.05) is 41.6 Å². The summed E-state index contributed by atoms with van der Waals surface area (Å²) in [6.07, 6.45) is 8.27. The number of methoxy groups -OCH3 is 1. The van der Waals surface area contributed by atoms with E-state index in [9.17, 15) is 0 Å². The Morgan fingerprint density at radius 3 is 1.91 bits per heavy atom. The lowest BCUT2D eigenvalue weighted by Gasteiger charge is -1.92. The van der Waals surface area contributed by atoms with Crippen molar-refractivity contribution in [3.8, 4) is 5.88 Å². The van der Waals surface area contributed by atoms with E-state index in [1.54, 1.807) is 50.1 Å². The van der Waals surface area contributed by atoms with Gasteiger partial charge in [-0.15, -0.1) is 0 Å². The van der Waals surface area contributed by atoms with Crippen molar-refractivity contribution in [2.24, 2.45) is 0 Å². The number of aromatic nitrogens is 4. The van der Waals surface area contributed by atoms with Crippen LogP contribution in [0, 0.1) is 6.92 Å². The van der Waals surface area contributed by atoms with Gasteiger partial charge < -0.3 is 4.74 Å². The van der Waals surface area contributed by atoms with Gasteiger partial charge in [0.05, 0.1) is 7.11 Å². The maximum atomic E-state index is 5.50. The molecule has 114 valence electrons. The van der Waals surface area contributed by atoms with E-state index in [0.717, 1.165) is 10.7 Å². The highest BCUT2D eigenvalue weighted by Gasteiger charge is 1.82. The van der Waals surface area contributed by atoms with Crippen LogP contribution < -0.4 is 4.74 Å². The Hall–Kier alpha value is -2.53. The van der Waals surface area contributed by atoms with Gasteiger partial charge in [0.2, 0.25) is 5.88 Å². The number of hydrogen-bond acceptors (Lipinski definition) is 5. The normalized spacial score (nSPS) is 8.68. The lowest BCUT2D eigenvalue weighted by Crippen LogP contribution is -1.83. The molecule has 0 bridgehead atoms. The molecule has 0 amide bonds. The van der Waals surface area contributed by atoms with E-state index >= 15 is 0 Å². The first-order valence-corrected chi connectivity index (χ1v) is 6.83. The van der Waals surface area contributed by atoms with Gasteiger partial charge in [0.15, 0.2) is 0 Å². The highest BCUT2D eigenvalue weighted by molar-refractivity contribution is 6.30. The van der Waals surface area contributed by atoms with E-state index in [0.29, 0.717) is 5.88 Å². The van der Waals surface area contributed by atoms with Crippen LogP contribution in [0.15, 0.2) is 67.5 Å². The number of nitrogens with zero attached hydrogens (tertiary/aromatic N) is 4. The smallest absolute Gasteiger partial charge is 0.212 e. The predicted molar refractivity (Wildman–Crippen MR) is 86.8 cm³/mol. The minimum absolute atomic E-state index is 0.660. The molecule has 0 saturated carbocycles. The Kier molecular flexibility index (Phi) is 8.89. The molecular formula is C16H17ClN4O. The molecule has 0 fully saturated rings. The molecule has 0 aliphatic heterocycles. The van der Waals surface area contributed by atoms with Gasteiger partial charge in [-0.25, -0.2) is 15.0 Å². The van der Waals surface area contributed by atoms with E-state index < -0.39 is 0 Å². The van der Waals surface area contributed by atoms with Crippen LogP contribution in [-0.4, -0.2) is 27.0 Å². The Morgan fingerprint density at radius 1 is 0.864 bits per heavy atom. The quantitative estimate of drug-likeness (QED) is 0.686. The molecule has 0 unspecified atom stereocenters. The number of ether oxygens (including phenoxy) is 1. The van der Waals surface area contributed by atoms with E-state index in [1.807, 2.05) is 25.1 Å². The minimum atomic E-state index is 0.660. The summed E-state index contributed by atoms with van der Waals surface area (Å²) < 4.78 is 4.80. The lowest BCUT2D eigenvalue weighted by molar-refractivity contribution is 0.398. The van der Waals surface area contributed by atoms with Gasteiger partial charge in [0.25, 0.3) is 0 Å². The van der Waals surface area contributed by atoms with Crippen LogP contribution >= 0.6 is 11.6 Å². The first-order valence-electron chi connectivity index (χ1n) is 6.45. The summed E-state index contributed by atoms with van der Waals surface area (Å²) in [5.41, 5.74) is 1.01. The van der Waals surface area contributed by atoms with Crippen LogP contribution in [0.25, 0.3) is 0 Å². The van der Waals surface area contributed by atoms with Gasteiger partial charge in [-0.3, -0.25) is 4.98 Å². The van der Waals surface area contributed by atoms with E-state index in [-0.39, 0.29) is 0 Å². The fraction of sp³-hybridized carbons (Fsp3) is 0.125. The topological polar surface area (TPSA) is 60.8 Å². The van der Waals surface area contributed by atoms with Crippen LogP contribution in [0.2, 0.25) is 5.02 Å². The van der Waals surface area contributed by atoms with Gasteiger partial charge in [-0.05, 0) is 31.2 Å². The maximum absolute atomic E-state index is 5.50.